The minimum absolute atomic E-state index is 0.0882. The summed E-state index contributed by atoms with van der Waals surface area (Å²) in [5, 5.41) is 12.1. The maximum Gasteiger partial charge on any atom is 0.255 e. The van der Waals surface area contributed by atoms with Gasteiger partial charge in [0.15, 0.2) is 0 Å². The van der Waals surface area contributed by atoms with Crippen LogP contribution in [0.2, 0.25) is 0 Å². The fourth-order valence-electron chi connectivity index (χ4n) is 1.33. The Kier molecular flexibility index (Phi) is 4.34. The summed E-state index contributed by atoms with van der Waals surface area (Å²) in [4.78, 5) is 23.3. The number of hydrogen-bond acceptors (Lipinski definition) is 3. The predicted octanol–water partition coefficient (Wildman–Crippen LogP) is 1.54. The smallest absolute Gasteiger partial charge is 0.255 e. The van der Waals surface area contributed by atoms with E-state index in [1.165, 1.54) is 12.1 Å². The van der Waals surface area contributed by atoms with Crippen molar-refractivity contribution >= 4 is 27.7 Å². The Hall–Kier alpha value is -1.56. The van der Waals surface area contributed by atoms with Crippen molar-refractivity contribution < 1.29 is 14.7 Å². The molecule has 0 aliphatic carbocycles. The van der Waals surface area contributed by atoms with Crippen LogP contribution in [0.3, 0.4) is 0 Å². The second-order valence-electron chi connectivity index (χ2n) is 4.17. The van der Waals surface area contributed by atoms with E-state index in [1.807, 2.05) is 0 Å². The first kappa shape index (κ1) is 14.5. The number of phenolic OH excluding ortho intramolecular Hbond substituents is 1. The fraction of sp³-hybridized carbons (Fsp3) is 0.333. The zero-order valence-corrected chi connectivity index (χ0v) is 11.7. The molecular formula is C12H15BrN2O3. The van der Waals surface area contributed by atoms with E-state index in [9.17, 15) is 14.7 Å². The van der Waals surface area contributed by atoms with Gasteiger partial charge in [0.2, 0.25) is 5.91 Å². The number of benzene rings is 1. The number of phenols is 1. The number of amides is 2. The molecule has 98 valence electrons. The summed E-state index contributed by atoms with van der Waals surface area (Å²) in [6.45, 7) is 3.29. The third-order valence-corrected chi connectivity index (χ3v) is 3.34. The number of nitrogens with one attached hydrogen (secondary N) is 1. The van der Waals surface area contributed by atoms with Crippen molar-refractivity contribution in [2.75, 3.05) is 0 Å². The minimum Gasteiger partial charge on any atom is -0.507 e. The molecule has 1 rings (SSSR count). The van der Waals surface area contributed by atoms with E-state index in [1.54, 1.807) is 19.9 Å². The molecule has 0 saturated carbocycles. The molecule has 0 aromatic heterocycles. The third-order valence-electron chi connectivity index (χ3n) is 2.84. The maximum atomic E-state index is 12.0. The van der Waals surface area contributed by atoms with Crippen molar-refractivity contribution in [3.63, 3.8) is 0 Å². The lowest BCUT2D eigenvalue weighted by Gasteiger charge is -2.26. The topological polar surface area (TPSA) is 92.4 Å². The summed E-state index contributed by atoms with van der Waals surface area (Å²) in [5.41, 5.74) is 4.21. The number of halogens is 1. The van der Waals surface area contributed by atoms with Gasteiger partial charge in [-0.05, 0) is 31.5 Å². The molecule has 0 heterocycles. The zero-order chi connectivity index (χ0) is 13.9. The lowest BCUT2D eigenvalue weighted by molar-refractivity contribution is -0.123. The first-order valence-corrected chi connectivity index (χ1v) is 6.20. The lowest BCUT2D eigenvalue weighted by Crippen LogP contribution is -2.54. The molecule has 4 N–H and O–H groups in total. The highest BCUT2D eigenvalue weighted by atomic mass is 79.9. The van der Waals surface area contributed by atoms with E-state index < -0.39 is 17.4 Å². The zero-order valence-electron chi connectivity index (χ0n) is 10.2. The molecule has 1 unspecified atom stereocenters. The van der Waals surface area contributed by atoms with Crippen LogP contribution in [-0.2, 0) is 4.79 Å². The van der Waals surface area contributed by atoms with Gasteiger partial charge in [0.25, 0.3) is 5.91 Å². The van der Waals surface area contributed by atoms with Crippen molar-refractivity contribution in [3.8, 4) is 5.75 Å². The van der Waals surface area contributed by atoms with Gasteiger partial charge in [-0.2, -0.15) is 0 Å². The molecular weight excluding hydrogens is 300 g/mol. The quantitative estimate of drug-likeness (QED) is 0.787. The van der Waals surface area contributed by atoms with Crippen molar-refractivity contribution in [3.05, 3.63) is 28.2 Å². The van der Waals surface area contributed by atoms with E-state index in [4.69, 9.17) is 5.73 Å². The average Bonchev–Trinajstić information content (AvgIpc) is 2.31. The number of rotatable bonds is 4. The van der Waals surface area contributed by atoms with E-state index >= 15 is 0 Å². The lowest BCUT2D eigenvalue weighted by atomic mass is 9.97. The molecule has 0 bridgehead atoms. The van der Waals surface area contributed by atoms with Crippen LogP contribution in [0.5, 0.6) is 5.75 Å². The first-order chi connectivity index (χ1) is 8.30. The summed E-state index contributed by atoms with van der Waals surface area (Å²) < 4.78 is 0.655. The highest BCUT2D eigenvalue weighted by Gasteiger charge is 2.31. The van der Waals surface area contributed by atoms with Gasteiger partial charge in [-0.3, -0.25) is 9.59 Å². The Morgan fingerprint density at radius 3 is 2.61 bits per heavy atom. The van der Waals surface area contributed by atoms with E-state index in [2.05, 4.69) is 21.2 Å². The second kappa shape index (κ2) is 5.39. The summed E-state index contributed by atoms with van der Waals surface area (Å²) in [6.07, 6.45) is 0.364. The van der Waals surface area contributed by atoms with Gasteiger partial charge >= 0.3 is 0 Å². The number of aromatic hydroxyl groups is 1. The number of hydrogen-bond donors (Lipinski definition) is 3. The van der Waals surface area contributed by atoms with Crippen LogP contribution >= 0.6 is 15.9 Å². The van der Waals surface area contributed by atoms with Crippen LogP contribution in [0.1, 0.15) is 30.6 Å². The Bertz CT molecular complexity index is 490. The Labute approximate surface area is 113 Å². The molecule has 0 aliphatic heterocycles. The second-order valence-corrected chi connectivity index (χ2v) is 5.08. The molecule has 0 saturated heterocycles. The van der Waals surface area contributed by atoms with Crippen molar-refractivity contribution in [1.82, 2.24) is 5.32 Å². The van der Waals surface area contributed by atoms with Gasteiger partial charge in [-0.15, -0.1) is 0 Å². The van der Waals surface area contributed by atoms with E-state index in [0.29, 0.717) is 10.9 Å². The molecule has 5 nitrogen and oxygen atoms in total. The Balaban J connectivity index is 3.02. The van der Waals surface area contributed by atoms with Crippen LogP contribution in [0.4, 0.5) is 0 Å². The molecule has 1 atom stereocenters. The minimum atomic E-state index is -1.13. The van der Waals surface area contributed by atoms with Gasteiger partial charge in [0.1, 0.15) is 11.3 Å². The normalized spacial score (nSPS) is 13.7. The molecule has 0 radical (unpaired) electrons. The number of primary amides is 1. The van der Waals surface area contributed by atoms with Gasteiger partial charge < -0.3 is 16.2 Å². The monoisotopic (exact) mass is 314 g/mol. The molecule has 6 heteroatoms. The molecule has 0 fully saturated rings. The van der Waals surface area contributed by atoms with Gasteiger partial charge in [-0.25, -0.2) is 0 Å². The van der Waals surface area contributed by atoms with Crippen molar-refractivity contribution in [2.45, 2.75) is 25.8 Å². The van der Waals surface area contributed by atoms with Crippen LogP contribution in [0.15, 0.2) is 22.7 Å². The van der Waals surface area contributed by atoms with Crippen LogP contribution in [0, 0.1) is 0 Å². The molecule has 1 aromatic carbocycles. The Morgan fingerprint density at radius 1 is 1.50 bits per heavy atom. The molecule has 18 heavy (non-hydrogen) atoms. The average molecular weight is 315 g/mol. The van der Waals surface area contributed by atoms with Gasteiger partial charge in [0.05, 0.1) is 5.56 Å². The third kappa shape index (κ3) is 3.01. The molecule has 1 aromatic rings. The van der Waals surface area contributed by atoms with Crippen LogP contribution in [-0.4, -0.2) is 22.5 Å². The van der Waals surface area contributed by atoms with Crippen LogP contribution in [0.25, 0.3) is 0 Å². The highest BCUT2D eigenvalue weighted by molar-refractivity contribution is 9.10. The van der Waals surface area contributed by atoms with Gasteiger partial charge in [0, 0.05) is 4.47 Å². The van der Waals surface area contributed by atoms with E-state index in [-0.39, 0.29) is 11.3 Å². The standard InChI is InChI=1S/C12H15BrN2O3/c1-3-12(2,11(14)18)15-10(17)8-6-7(13)4-5-9(8)16/h4-6,16H,3H2,1-2H3,(H2,14,18)(H,15,17). The molecule has 0 aliphatic rings. The first-order valence-electron chi connectivity index (χ1n) is 5.41. The van der Waals surface area contributed by atoms with Gasteiger partial charge in [-0.1, -0.05) is 22.9 Å². The number of carbonyl (C=O) groups is 2. The number of nitrogens with two attached hydrogens (primary N) is 1. The largest absolute Gasteiger partial charge is 0.507 e. The molecule has 0 spiro atoms. The maximum absolute atomic E-state index is 12.0. The van der Waals surface area contributed by atoms with E-state index in [0.717, 1.165) is 0 Å². The predicted molar refractivity (Wildman–Crippen MR) is 71.2 cm³/mol. The summed E-state index contributed by atoms with van der Waals surface area (Å²) in [6, 6.07) is 4.48. The summed E-state index contributed by atoms with van der Waals surface area (Å²) in [5.74, 6) is -1.32. The Morgan fingerprint density at radius 2 is 2.11 bits per heavy atom. The van der Waals surface area contributed by atoms with Crippen LogP contribution < -0.4 is 11.1 Å². The van der Waals surface area contributed by atoms with Crippen molar-refractivity contribution in [1.29, 1.82) is 0 Å². The fourth-order valence-corrected chi connectivity index (χ4v) is 1.69. The summed E-state index contributed by atoms with van der Waals surface area (Å²) in [7, 11) is 0. The molecule has 2 amide bonds. The number of carbonyl (C=O) groups excluding carboxylic acids is 2. The summed E-state index contributed by atoms with van der Waals surface area (Å²) >= 11 is 3.21. The van der Waals surface area contributed by atoms with Crippen molar-refractivity contribution in [2.24, 2.45) is 5.73 Å². The SMILES string of the molecule is CCC(C)(NC(=O)c1cc(Br)ccc1O)C(N)=O. The highest BCUT2D eigenvalue weighted by Crippen LogP contribution is 2.22.